The molecule has 0 amide bonds. The topological polar surface area (TPSA) is 54.0 Å². The second-order valence-electron chi connectivity index (χ2n) is 3.09. The molecule has 1 heterocycles. The van der Waals surface area contributed by atoms with Gasteiger partial charge in [-0.05, 0) is 19.1 Å². The molecule has 0 saturated heterocycles. The third kappa shape index (κ3) is 1.17. The molecule has 2 rings (SSSR count). The molecule has 1 aromatic heterocycles. The fourth-order valence-electron chi connectivity index (χ4n) is 1.32. The fraction of sp³-hybridized carbons (Fsp3) is 0.0909. The molecule has 3 heteroatoms. The quantitative estimate of drug-likeness (QED) is 0.630. The van der Waals surface area contributed by atoms with Crippen LogP contribution < -0.4 is 5.43 Å². The van der Waals surface area contributed by atoms with Crippen molar-refractivity contribution in [2.24, 2.45) is 0 Å². The normalized spacial score (nSPS) is 10.0. The van der Waals surface area contributed by atoms with Crippen LogP contribution in [-0.2, 0) is 0 Å². The summed E-state index contributed by atoms with van der Waals surface area (Å²) in [7, 11) is 0. The predicted molar refractivity (Wildman–Crippen MR) is 51.9 cm³/mol. The van der Waals surface area contributed by atoms with Gasteiger partial charge < -0.3 is 4.42 Å². The second-order valence-corrected chi connectivity index (χ2v) is 3.09. The van der Waals surface area contributed by atoms with Crippen LogP contribution in [0.5, 0.6) is 0 Å². The van der Waals surface area contributed by atoms with E-state index < -0.39 is 0 Å². The Bertz CT molecular complexity index is 590. The van der Waals surface area contributed by atoms with Gasteiger partial charge in [-0.25, -0.2) is 0 Å². The van der Waals surface area contributed by atoms with Crippen molar-refractivity contribution >= 4 is 11.0 Å². The van der Waals surface area contributed by atoms with Gasteiger partial charge in [0.15, 0.2) is 0 Å². The van der Waals surface area contributed by atoms with Gasteiger partial charge >= 0.3 is 0 Å². The van der Waals surface area contributed by atoms with Crippen molar-refractivity contribution in [3.8, 4) is 6.07 Å². The van der Waals surface area contributed by atoms with E-state index in [9.17, 15) is 4.79 Å². The minimum atomic E-state index is -0.266. The number of fused-ring (bicyclic) bond motifs is 1. The van der Waals surface area contributed by atoms with Crippen LogP contribution in [0.2, 0.25) is 0 Å². The van der Waals surface area contributed by atoms with Gasteiger partial charge in [0.2, 0.25) is 5.43 Å². The van der Waals surface area contributed by atoms with E-state index in [0.717, 1.165) is 5.56 Å². The Labute approximate surface area is 80.2 Å². The van der Waals surface area contributed by atoms with Gasteiger partial charge in [0.05, 0.1) is 5.39 Å². The third-order valence-electron chi connectivity index (χ3n) is 2.05. The van der Waals surface area contributed by atoms with E-state index in [1.165, 1.54) is 6.26 Å². The average Bonchev–Trinajstić information content (AvgIpc) is 2.20. The van der Waals surface area contributed by atoms with Gasteiger partial charge in [-0.3, -0.25) is 4.79 Å². The van der Waals surface area contributed by atoms with Crippen molar-refractivity contribution in [2.45, 2.75) is 6.92 Å². The van der Waals surface area contributed by atoms with E-state index in [0.29, 0.717) is 11.0 Å². The van der Waals surface area contributed by atoms with Crippen LogP contribution in [0.3, 0.4) is 0 Å². The lowest BCUT2D eigenvalue weighted by Crippen LogP contribution is -2.05. The summed E-state index contributed by atoms with van der Waals surface area (Å²) in [5.41, 5.74) is 1.26. The highest BCUT2D eigenvalue weighted by atomic mass is 16.3. The molecule has 0 aliphatic carbocycles. The minimum Gasteiger partial charge on any atom is -0.463 e. The Kier molecular flexibility index (Phi) is 1.83. The number of nitriles is 1. The first kappa shape index (κ1) is 8.52. The van der Waals surface area contributed by atoms with Crippen LogP contribution in [0.25, 0.3) is 11.0 Å². The molecule has 0 aliphatic heterocycles. The third-order valence-corrected chi connectivity index (χ3v) is 2.05. The molecule has 0 spiro atoms. The van der Waals surface area contributed by atoms with E-state index in [1.807, 2.05) is 13.0 Å². The van der Waals surface area contributed by atoms with Gasteiger partial charge in [0.25, 0.3) is 0 Å². The van der Waals surface area contributed by atoms with Crippen molar-refractivity contribution in [1.82, 2.24) is 0 Å². The molecule has 3 nitrogen and oxygen atoms in total. The molecule has 0 atom stereocenters. The highest BCUT2D eigenvalue weighted by Crippen LogP contribution is 2.12. The Balaban J connectivity index is 2.96. The molecule has 0 N–H and O–H groups in total. The van der Waals surface area contributed by atoms with Crippen LogP contribution in [0.4, 0.5) is 0 Å². The van der Waals surface area contributed by atoms with Gasteiger partial charge in [0, 0.05) is 0 Å². The molecule has 0 radical (unpaired) electrons. The number of aryl methyl sites for hydroxylation is 1. The lowest BCUT2D eigenvalue weighted by molar-refractivity contribution is 0.600. The Morgan fingerprint density at radius 2 is 2.21 bits per heavy atom. The lowest BCUT2D eigenvalue weighted by Gasteiger charge is -1.97. The summed E-state index contributed by atoms with van der Waals surface area (Å²) in [6.07, 6.45) is 1.19. The summed E-state index contributed by atoms with van der Waals surface area (Å²) in [6, 6.07) is 7.11. The number of rotatable bonds is 0. The summed E-state index contributed by atoms with van der Waals surface area (Å²) in [5.74, 6) is 0. The zero-order valence-corrected chi connectivity index (χ0v) is 7.57. The van der Waals surface area contributed by atoms with Crippen molar-refractivity contribution in [2.75, 3.05) is 0 Å². The molecule has 0 saturated carbocycles. The SMILES string of the molecule is Cc1ccc2occ(C#N)c(=O)c2c1. The summed E-state index contributed by atoms with van der Waals surface area (Å²) < 4.78 is 5.15. The average molecular weight is 185 g/mol. The van der Waals surface area contributed by atoms with Gasteiger partial charge in [0.1, 0.15) is 23.5 Å². The standard InChI is InChI=1S/C11H7NO2/c1-7-2-3-10-9(4-7)11(13)8(5-12)6-14-10/h2-4,6H,1H3. The van der Waals surface area contributed by atoms with Crippen LogP contribution in [-0.4, -0.2) is 0 Å². The molecule has 0 unspecified atom stereocenters. The number of hydrogen-bond donors (Lipinski definition) is 0. The number of nitrogens with zero attached hydrogens (tertiary/aromatic N) is 1. The maximum absolute atomic E-state index is 11.6. The molecule has 0 aliphatic rings. The molecule has 68 valence electrons. The van der Waals surface area contributed by atoms with Crippen molar-refractivity contribution in [3.05, 3.63) is 45.8 Å². The fourth-order valence-corrected chi connectivity index (χ4v) is 1.32. The first-order valence-corrected chi connectivity index (χ1v) is 4.14. The smallest absolute Gasteiger partial charge is 0.210 e. The summed E-state index contributed by atoms with van der Waals surface area (Å²) in [4.78, 5) is 11.6. The van der Waals surface area contributed by atoms with E-state index in [-0.39, 0.29) is 11.0 Å². The van der Waals surface area contributed by atoms with Gasteiger partial charge in [-0.1, -0.05) is 11.6 Å². The largest absolute Gasteiger partial charge is 0.463 e. The predicted octanol–water partition coefficient (Wildman–Crippen LogP) is 1.97. The zero-order valence-electron chi connectivity index (χ0n) is 7.57. The zero-order chi connectivity index (χ0) is 10.1. The van der Waals surface area contributed by atoms with Gasteiger partial charge in [-0.15, -0.1) is 0 Å². The van der Waals surface area contributed by atoms with E-state index in [4.69, 9.17) is 9.68 Å². The first-order valence-electron chi connectivity index (χ1n) is 4.14. The Hall–Kier alpha value is -2.08. The van der Waals surface area contributed by atoms with Crippen molar-refractivity contribution < 1.29 is 4.42 Å². The van der Waals surface area contributed by atoms with Crippen LogP contribution in [0.1, 0.15) is 11.1 Å². The molecule has 0 bridgehead atoms. The molecular weight excluding hydrogens is 178 g/mol. The Morgan fingerprint density at radius 3 is 2.93 bits per heavy atom. The van der Waals surface area contributed by atoms with Crippen LogP contribution in [0, 0.1) is 18.3 Å². The first-order chi connectivity index (χ1) is 6.72. The maximum Gasteiger partial charge on any atom is 0.210 e. The molecule has 1 aromatic carbocycles. The van der Waals surface area contributed by atoms with Crippen LogP contribution in [0.15, 0.2) is 33.7 Å². The Morgan fingerprint density at radius 1 is 1.43 bits per heavy atom. The molecule has 0 fully saturated rings. The summed E-state index contributed by atoms with van der Waals surface area (Å²) in [6.45, 7) is 1.89. The van der Waals surface area contributed by atoms with Crippen LogP contribution >= 0.6 is 0 Å². The number of benzene rings is 1. The molecule has 2 aromatic rings. The van der Waals surface area contributed by atoms with E-state index in [1.54, 1.807) is 18.2 Å². The molecule has 14 heavy (non-hydrogen) atoms. The maximum atomic E-state index is 11.6. The monoisotopic (exact) mass is 185 g/mol. The van der Waals surface area contributed by atoms with E-state index in [2.05, 4.69) is 0 Å². The highest BCUT2D eigenvalue weighted by Gasteiger charge is 2.05. The second kappa shape index (κ2) is 3.00. The van der Waals surface area contributed by atoms with Crippen molar-refractivity contribution in [3.63, 3.8) is 0 Å². The van der Waals surface area contributed by atoms with E-state index >= 15 is 0 Å². The summed E-state index contributed by atoms with van der Waals surface area (Å²) >= 11 is 0. The minimum absolute atomic E-state index is 0.0445. The van der Waals surface area contributed by atoms with Gasteiger partial charge in [-0.2, -0.15) is 5.26 Å². The molecular formula is C11H7NO2. The highest BCUT2D eigenvalue weighted by molar-refractivity contribution is 5.78. The number of hydrogen-bond acceptors (Lipinski definition) is 3. The summed E-state index contributed by atoms with van der Waals surface area (Å²) in [5, 5.41) is 9.10. The van der Waals surface area contributed by atoms with Crippen molar-refractivity contribution in [1.29, 1.82) is 5.26 Å². The lowest BCUT2D eigenvalue weighted by atomic mass is 10.1.